The van der Waals surface area contributed by atoms with Crippen molar-refractivity contribution < 1.29 is 13.5 Å². The van der Waals surface area contributed by atoms with Crippen molar-refractivity contribution in [1.82, 2.24) is 4.90 Å². The van der Waals surface area contributed by atoms with Gasteiger partial charge in [-0.3, -0.25) is 4.90 Å². The molecule has 0 spiro atoms. The summed E-state index contributed by atoms with van der Waals surface area (Å²) in [5.74, 6) is 1.02. The molecule has 1 fully saturated rings. The molecule has 1 aliphatic rings. The second-order valence-electron chi connectivity index (χ2n) is 4.64. The van der Waals surface area contributed by atoms with Crippen LogP contribution in [-0.2, 0) is 9.84 Å². The fourth-order valence-electron chi connectivity index (χ4n) is 2.29. The Kier molecular flexibility index (Phi) is 5.21. The van der Waals surface area contributed by atoms with E-state index in [-0.39, 0.29) is 24.2 Å². The standard InChI is InChI=1S/C11H23NO3S/c1-3-16(14,15)8-4-6-12-7-5-10(2)11(12)9-13/h10-11,13H,3-9H2,1-2H3. The summed E-state index contributed by atoms with van der Waals surface area (Å²) in [6.45, 7) is 5.78. The summed E-state index contributed by atoms with van der Waals surface area (Å²) >= 11 is 0. The zero-order chi connectivity index (χ0) is 12.2. The van der Waals surface area contributed by atoms with Crippen molar-refractivity contribution in [2.45, 2.75) is 32.7 Å². The van der Waals surface area contributed by atoms with Crippen LogP contribution in [0.2, 0.25) is 0 Å². The molecule has 0 aromatic rings. The van der Waals surface area contributed by atoms with Crippen LogP contribution >= 0.6 is 0 Å². The number of likely N-dealkylation sites (tertiary alicyclic amines) is 1. The van der Waals surface area contributed by atoms with Gasteiger partial charge in [0.1, 0.15) is 9.84 Å². The molecule has 0 saturated carbocycles. The number of hydrogen-bond acceptors (Lipinski definition) is 4. The van der Waals surface area contributed by atoms with Crippen LogP contribution in [0.15, 0.2) is 0 Å². The van der Waals surface area contributed by atoms with Gasteiger partial charge >= 0.3 is 0 Å². The molecular formula is C11H23NO3S. The average Bonchev–Trinajstić information content (AvgIpc) is 2.59. The van der Waals surface area contributed by atoms with Gasteiger partial charge in [-0.05, 0) is 31.8 Å². The molecule has 1 N–H and O–H groups in total. The molecule has 16 heavy (non-hydrogen) atoms. The van der Waals surface area contributed by atoms with Crippen LogP contribution in [0, 0.1) is 5.92 Å². The van der Waals surface area contributed by atoms with E-state index < -0.39 is 9.84 Å². The molecule has 0 amide bonds. The van der Waals surface area contributed by atoms with Crippen molar-refractivity contribution in [1.29, 1.82) is 0 Å². The molecule has 1 rings (SSSR count). The van der Waals surface area contributed by atoms with E-state index in [2.05, 4.69) is 11.8 Å². The fraction of sp³-hybridized carbons (Fsp3) is 1.00. The minimum Gasteiger partial charge on any atom is -0.395 e. The summed E-state index contributed by atoms with van der Waals surface area (Å²) in [6, 6.07) is 0.226. The molecule has 0 aromatic heterocycles. The second kappa shape index (κ2) is 5.98. The van der Waals surface area contributed by atoms with Crippen molar-refractivity contribution in [2.75, 3.05) is 31.2 Å². The van der Waals surface area contributed by atoms with Gasteiger partial charge in [0.2, 0.25) is 0 Å². The van der Waals surface area contributed by atoms with Crippen LogP contribution < -0.4 is 0 Å². The van der Waals surface area contributed by atoms with E-state index in [4.69, 9.17) is 0 Å². The number of aliphatic hydroxyl groups excluding tert-OH is 1. The van der Waals surface area contributed by atoms with Crippen LogP contribution in [0.5, 0.6) is 0 Å². The lowest BCUT2D eigenvalue weighted by Gasteiger charge is -2.24. The summed E-state index contributed by atoms with van der Waals surface area (Å²) in [7, 11) is -2.84. The van der Waals surface area contributed by atoms with Gasteiger partial charge in [-0.25, -0.2) is 8.42 Å². The van der Waals surface area contributed by atoms with Crippen molar-refractivity contribution in [3.05, 3.63) is 0 Å². The number of rotatable bonds is 6. The Hall–Kier alpha value is -0.130. The lowest BCUT2D eigenvalue weighted by atomic mass is 10.0. The zero-order valence-electron chi connectivity index (χ0n) is 10.2. The SMILES string of the molecule is CCS(=O)(=O)CCCN1CCC(C)C1CO. The zero-order valence-corrected chi connectivity index (χ0v) is 11.0. The predicted octanol–water partition coefficient (Wildman–Crippen LogP) is 0.514. The molecule has 2 unspecified atom stereocenters. The van der Waals surface area contributed by atoms with E-state index >= 15 is 0 Å². The van der Waals surface area contributed by atoms with Crippen LogP contribution in [0.4, 0.5) is 0 Å². The smallest absolute Gasteiger partial charge is 0.150 e. The summed E-state index contributed by atoms with van der Waals surface area (Å²) in [5, 5.41) is 9.25. The third kappa shape index (κ3) is 3.71. The quantitative estimate of drug-likeness (QED) is 0.745. The van der Waals surface area contributed by atoms with Crippen molar-refractivity contribution in [3.63, 3.8) is 0 Å². The Bertz CT molecular complexity index is 302. The molecule has 1 saturated heterocycles. The van der Waals surface area contributed by atoms with Crippen LogP contribution in [0.25, 0.3) is 0 Å². The first kappa shape index (κ1) is 13.9. The average molecular weight is 249 g/mol. The second-order valence-corrected chi connectivity index (χ2v) is 7.11. The predicted molar refractivity (Wildman–Crippen MR) is 65.2 cm³/mol. The maximum Gasteiger partial charge on any atom is 0.150 e. The lowest BCUT2D eigenvalue weighted by molar-refractivity contribution is 0.139. The lowest BCUT2D eigenvalue weighted by Crippen LogP contribution is -2.36. The molecule has 1 heterocycles. The van der Waals surface area contributed by atoms with E-state index in [9.17, 15) is 13.5 Å². The monoisotopic (exact) mass is 249 g/mol. The van der Waals surface area contributed by atoms with Gasteiger partial charge in [0.15, 0.2) is 0 Å². The molecular weight excluding hydrogens is 226 g/mol. The molecule has 0 aromatic carbocycles. The Morgan fingerprint density at radius 1 is 1.44 bits per heavy atom. The molecule has 1 aliphatic heterocycles. The molecule has 4 nitrogen and oxygen atoms in total. The maximum absolute atomic E-state index is 11.3. The van der Waals surface area contributed by atoms with Gasteiger partial charge in [-0.15, -0.1) is 0 Å². The minimum absolute atomic E-state index is 0.182. The highest BCUT2D eigenvalue weighted by atomic mass is 32.2. The summed E-state index contributed by atoms with van der Waals surface area (Å²) < 4.78 is 22.6. The Morgan fingerprint density at radius 2 is 2.12 bits per heavy atom. The molecule has 0 aliphatic carbocycles. The summed E-state index contributed by atoms with van der Waals surface area (Å²) in [6.07, 6.45) is 1.78. The van der Waals surface area contributed by atoms with Crippen LogP contribution in [0.1, 0.15) is 26.7 Å². The van der Waals surface area contributed by atoms with Gasteiger partial charge in [-0.1, -0.05) is 13.8 Å². The maximum atomic E-state index is 11.3. The third-order valence-corrected chi connectivity index (χ3v) is 5.32. The first-order valence-electron chi connectivity index (χ1n) is 6.05. The van der Waals surface area contributed by atoms with Gasteiger partial charge in [0, 0.05) is 11.8 Å². The van der Waals surface area contributed by atoms with Gasteiger partial charge in [0.25, 0.3) is 0 Å². The molecule has 0 bridgehead atoms. The highest BCUT2D eigenvalue weighted by molar-refractivity contribution is 7.91. The fourth-order valence-corrected chi connectivity index (χ4v) is 3.15. The third-order valence-electron chi connectivity index (χ3n) is 3.53. The molecule has 2 atom stereocenters. The summed E-state index contributed by atoms with van der Waals surface area (Å²) in [4.78, 5) is 2.22. The van der Waals surface area contributed by atoms with E-state index in [1.54, 1.807) is 6.92 Å². The molecule has 0 radical (unpaired) electrons. The van der Waals surface area contributed by atoms with Crippen molar-refractivity contribution in [2.24, 2.45) is 5.92 Å². The highest BCUT2D eigenvalue weighted by Crippen LogP contribution is 2.23. The number of nitrogens with zero attached hydrogens (tertiary/aromatic N) is 1. The number of aliphatic hydroxyl groups is 1. The van der Waals surface area contributed by atoms with Crippen LogP contribution in [0.3, 0.4) is 0 Å². The molecule has 96 valence electrons. The first-order valence-corrected chi connectivity index (χ1v) is 7.87. The Balaban J connectivity index is 2.33. The normalized spacial score (nSPS) is 27.4. The van der Waals surface area contributed by atoms with E-state index in [0.29, 0.717) is 12.3 Å². The van der Waals surface area contributed by atoms with E-state index in [1.165, 1.54) is 0 Å². The number of sulfone groups is 1. The topological polar surface area (TPSA) is 57.6 Å². The number of hydrogen-bond donors (Lipinski definition) is 1. The Labute approximate surface area is 98.6 Å². The Morgan fingerprint density at radius 3 is 2.69 bits per heavy atom. The van der Waals surface area contributed by atoms with Gasteiger partial charge in [0.05, 0.1) is 12.4 Å². The molecule has 5 heteroatoms. The van der Waals surface area contributed by atoms with E-state index in [0.717, 1.165) is 19.5 Å². The summed E-state index contributed by atoms with van der Waals surface area (Å²) in [5.41, 5.74) is 0. The highest BCUT2D eigenvalue weighted by Gasteiger charge is 2.29. The van der Waals surface area contributed by atoms with Crippen LogP contribution in [-0.4, -0.2) is 55.7 Å². The minimum atomic E-state index is -2.84. The van der Waals surface area contributed by atoms with Gasteiger partial charge < -0.3 is 5.11 Å². The van der Waals surface area contributed by atoms with Gasteiger partial charge in [-0.2, -0.15) is 0 Å². The van der Waals surface area contributed by atoms with E-state index in [1.807, 2.05) is 0 Å². The van der Waals surface area contributed by atoms with Crippen molar-refractivity contribution in [3.8, 4) is 0 Å². The first-order chi connectivity index (χ1) is 7.50. The van der Waals surface area contributed by atoms with Crippen molar-refractivity contribution >= 4 is 9.84 Å². The largest absolute Gasteiger partial charge is 0.395 e.